The predicted molar refractivity (Wildman–Crippen MR) is 86.4 cm³/mol. The Bertz CT molecular complexity index is 483. The molecular formula is C18H29N2O+. The second kappa shape index (κ2) is 6.18. The SMILES string of the molecule is C[C@H](C(=O)NC1CC1)[NH+](C)Cc1ccc(C(C)(C)C)cc1. The highest BCUT2D eigenvalue weighted by molar-refractivity contribution is 5.80. The molecule has 2 N–H and O–H groups in total. The van der Waals surface area contributed by atoms with Crippen LogP contribution in [0.3, 0.4) is 0 Å². The van der Waals surface area contributed by atoms with Crippen LogP contribution in [0.4, 0.5) is 0 Å². The summed E-state index contributed by atoms with van der Waals surface area (Å²) in [6.45, 7) is 9.57. The Kier molecular flexibility index (Phi) is 4.72. The summed E-state index contributed by atoms with van der Waals surface area (Å²) >= 11 is 0. The van der Waals surface area contributed by atoms with Crippen LogP contribution in [0, 0.1) is 0 Å². The maximum Gasteiger partial charge on any atom is 0.278 e. The molecule has 0 aliphatic heterocycles. The van der Waals surface area contributed by atoms with E-state index in [2.05, 4.69) is 57.4 Å². The first kappa shape index (κ1) is 16.0. The average Bonchev–Trinajstić information content (AvgIpc) is 3.21. The van der Waals surface area contributed by atoms with Crippen molar-refractivity contribution in [2.24, 2.45) is 0 Å². The number of rotatable bonds is 5. The first-order chi connectivity index (χ1) is 9.77. The number of nitrogens with one attached hydrogen (secondary N) is 2. The van der Waals surface area contributed by atoms with Crippen molar-refractivity contribution in [1.29, 1.82) is 0 Å². The summed E-state index contributed by atoms with van der Waals surface area (Å²) in [7, 11) is 2.09. The van der Waals surface area contributed by atoms with Gasteiger partial charge < -0.3 is 10.2 Å². The summed E-state index contributed by atoms with van der Waals surface area (Å²) < 4.78 is 0. The molecule has 21 heavy (non-hydrogen) atoms. The second-order valence-electron chi connectivity index (χ2n) is 7.47. The molecule has 0 spiro atoms. The van der Waals surface area contributed by atoms with Crippen molar-refractivity contribution in [2.45, 2.75) is 64.6 Å². The van der Waals surface area contributed by atoms with Gasteiger partial charge in [0.25, 0.3) is 5.91 Å². The average molecular weight is 289 g/mol. The third-order valence-electron chi connectivity index (χ3n) is 4.36. The van der Waals surface area contributed by atoms with Gasteiger partial charge in [0, 0.05) is 11.6 Å². The molecule has 1 unspecified atom stereocenters. The van der Waals surface area contributed by atoms with Crippen LogP contribution in [0.2, 0.25) is 0 Å². The van der Waals surface area contributed by atoms with Crippen molar-refractivity contribution >= 4 is 5.91 Å². The summed E-state index contributed by atoms with van der Waals surface area (Å²) in [4.78, 5) is 13.3. The van der Waals surface area contributed by atoms with Crippen molar-refractivity contribution < 1.29 is 9.69 Å². The molecule has 1 aromatic rings. The lowest BCUT2D eigenvalue weighted by Crippen LogP contribution is -3.12. The Morgan fingerprint density at radius 1 is 1.29 bits per heavy atom. The van der Waals surface area contributed by atoms with Crippen molar-refractivity contribution in [3.63, 3.8) is 0 Å². The first-order valence-corrected chi connectivity index (χ1v) is 7.99. The Morgan fingerprint density at radius 2 is 1.86 bits per heavy atom. The van der Waals surface area contributed by atoms with Crippen LogP contribution in [-0.2, 0) is 16.8 Å². The summed E-state index contributed by atoms with van der Waals surface area (Å²) in [6.07, 6.45) is 2.29. The van der Waals surface area contributed by atoms with E-state index >= 15 is 0 Å². The molecule has 0 aromatic heterocycles. The third kappa shape index (κ3) is 4.57. The highest BCUT2D eigenvalue weighted by Gasteiger charge is 2.29. The van der Waals surface area contributed by atoms with Crippen molar-refractivity contribution in [1.82, 2.24) is 5.32 Å². The number of benzene rings is 1. The maximum absolute atomic E-state index is 12.1. The van der Waals surface area contributed by atoms with Crippen LogP contribution in [0.5, 0.6) is 0 Å². The molecule has 0 radical (unpaired) electrons. The molecule has 0 saturated heterocycles. The number of carbonyl (C=O) groups is 1. The monoisotopic (exact) mass is 289 g/mol. The third-order valence-corrected chi connectivity index (χ3v) is 4.36. The minimum atomic E-state index is -0.00658. The normalized spacial score (nSPS) is 18.1. The zero-order valence-electron chi connectivity index (χ0n) is 14.0. The summed E-state index contributed by atoms with van der Waals surface area (Å²) in [5.74, 6) is 0.182. The lowest BCUT2D eigenvalue weighted by Gasteiger charge is -2.22. The predicted octanol–water partition coefficient (Wildman–Crippen LogP) is 1.67. The highest BCUT2D eigenvalue weighted by Crippen LogP contribution is 2.22. The molecule has 1 fully saturated rings. The zero-order chi connectivity index (χ0) is 15.6. The van der Waals surface area contributed by atoms with Crippen molar-refractivity contribution in [3.05, 3.63) is 35.4 Å². The minimum Gasteiger partial charge on any atom is -0.348 e. The first-order valence-electron chi connectivity index (χ1n) is 7.99. The van der Waals surface area contributed by atoms with E-state index in [4.69, 9.17) is 0 Å². The molecule has 1 saturated carbocycles. The van der Waals surface area contributed by atoms with Crippen LogP contribution >= 0.6 is 0 Å². The number of quaternary nitrogens is 1. The highest BCUT2D eigenvalue weighted by atomic mass is 16.2. The van der Waals surface area contributed by atoms with Crippen molar-refractivity contribution in [3.8, 4) is 0 Å². The lowest BCUT2D eigenvalue weighted by atomic mass is 9.87. The van der Waals surface area contributed by atoms with E-state index in [0.29, 0.717) is 6.04 Å². The van der Waals surface area contributed by atoms with Gasteiger partial charge in [-0.3, -0.25) is 4.79 Å². The van der Waals surface area contributed by atoms with E-state index < -0.39 is 0 Å². The summed E-state index contributed by atoms with van der Waals surface area (Å²) in [5.41, 5.74) is 2.82. The lowest BCUT2D eigenvalue weighted by molar-refractivity contribution is -0.908. The molecule has 0 bridgehead atoms. The molecule has 0 heterocycles. The van der Waals surface area contributed by atoms with E-state index in [9.17, 15) is 4.79 Å². The Balaban J connectivity index is 1.92. The number of hydrogen-bond acceptors (Lipinski definition) is 1. The number of likely N-dealkylation sites (N-methyl/N-ethyl adjacent to an activating group) is 1. The molecule has 1 aromatic carbocycles. The molecule has 3 heteroatoms. The van der Waals surface area contributed by atoms with Gasteiger partial charge in [0.2, 0.25) is 0 Å². The quantitative estimate of drug-likeness (QED) is 0.849. The largest absolute Gasteiger partial charge is 0.348 e. The van der Waals surface area contributed by atoms with Crippen LogP contribution in [0.15, 0.2) is 24.3 Å². The number of hydrogen-bond donors (Lipinski definition) is 2. The minimum absolute atomic E-state index is 0.00658. The Hall–Kier alpha value is -1.35. The Labute approximate surface area is 128 Å². The van der Waals surface area contributed by atoms with Gasteiger partial charge in [-0.1, -0.05) is 45.0 Å². The molecule has 2 atom stereocenters. The van der Waals surface area contributed by atoms with Gasteiger partial charge in [0.15, 0.2) is 6.04 Å². The summed E-state index contributed by atoms with van der Waals surface area (Å²) in [5, 5.41) is 3.09. The second-order valence-corrected chi connectivity index (χ2v) is 7.47. The van der Waals surface area contributed by atoms with Crippen LogP contribution in [0.25, 0.3) is 0 Å². The standard InChI is InChI=1S/C18H28N2O/c1-13(17(21)19-16-10-11-16)20(5)12-14-6-8-15(9-7-14)18(2,3)4/h6-9,13,16H,10-12H2,1-5H3,(H,19,21)/p+1/t13-/m1/s1. The van der Waals surface area contributed by atoms with Gasteiger partial charge in [0.1, 0.15) is 6.54 Å². The fourth-order valence-electron chi connectivity index (χ4n) is 2.38. The van der Waals surface area contributed by atoms with E-state index in [1.54, 1.807) is 0 Å². The van der Waals surface area contributed by atoms with Crippen LogP contribution < -0.4 is 10.2 Å². The molecule has 2 rings (SSSR count). The van der Waals surface area contributed by atoms with Gasteiger partial charge in [-0.25, -0.2) is 0 Å². The molecule has 116 valence electrons. The fraction of sp³-hybridized carbons (Fsp3) is 0.611. The maximum atomic E-state index is 12.1. The van der Waals surface area contributed by atoms with Gasteiger partial charge in [-0.2, -0.15) is 0 Å². The smallest absolute Gasteiger partial charge is 0.278 e. The van der Waals surface area contributed by atoms with Crippen LogP contribution in [0.1, 0.15) is 51.7 Å². The molecule has 1 amide bonds. The van der Waals surface area contributed by atoms with E-state index in [1.807, 2.05) is 6.92 Å². The number of amides is 1. The van der Waals surface area contributed by atoms with Gasteiger partial charge in [0.05, 0.1) is 7.05 Å². The molecule has 3 nitrogen and oxygen atoms in total. The topological polar surface area (TPSA) is 33.5 Å². The fourth-order valence-corrected chi connectivity index (χ4v) is 2.38. The van der Waals surface area contributed by atoms with Gasteiger partial charge in [-0.05, 0) is 30.7 Å². The van der Waals surface area contributed by atoms with E-state index in [0.717, 1.165) is 19.4 Å². The van der Waals surface area contributed by atoms with Crippen molar-refractivity contribution in [2.75, 3.05) is 7.05 Å². The molecule has 1 aliphatic carbocycles. The summed E-state index contributed by atoms with van der Waals surface area (Å²) in [6, 6.07) is 9.23. The molecular weight excluding hydrogens is 260 g/mol. The number of carbonyl (C=O) groups excluding carboxylic acids is 1. The molecule has 1 aliphatic rings. The Morgan fingerprint density at radius 3 is 2.33 bits per heavy atom. The van der Waals surface area contributed by atoms with Crippen LogP contribution in [-0.4, -0.2) is 25.0 Å². The van der Waals surface area contributed by atoms with Gasteiger partial charge >= 0.3 is 0 Å². The van der Waals surface area contributed by atoms with E-state index in [-0.39, 0.29) is 17.4 Å². The zero-order valence-corrected chi connectivity index (χ0v) is 14.0. The van der Waals surface area contributed by atoms with Gasteiger partial charge in [-0.15, -0.1) is 0 Å². The van der Waals surface area contributed by atoms with E-state index in [1.165, 1.54) is 16.0 Å².